The lowest BCUT2D eigenvalue weighted by atomic mass is 9.95. The molecule has 3 nitrogen and oxygen atoms in total. The molecule has 118 valence electrons. The van der Waals surface area contributed by atoms with Gasteiger partial charge in [-0.2, -0.15) is 0 Å². The molecule has 1 aliphatic heterocycles. The molecule has 1 aromatic heterocycles. The van der Waals surface area contributed by atoms with E-state index in [4.69, 9.17) is 0 Å². The van der Waals surface area contributed by atoms with Crippen LogP contribution in [0.1, 0.15) is 53.3 Å². The molecule has 0 amide bonds. The highest BCUT2D eigenvalue weighted by Gasteiger charge is 2.26. The minimum atomic E-state index is 0.502. The highest BCUT2D eigenvalue weighted by atomic mass is 15.2. The first-order chi connectivity index (χ1) is 10.6. The number of aromatic nitrogens is 2. The number of hydrogen-bond donors (Lipinski definition) is 0. The second kappa shape index (κ2) is 6.25. The van der Waals surface area contributed by atoms with Gasteiger partial charge in [-0.3, -0.25) is 4.90 Å². The summed E-state index contributed by atoms with van der Waals surface area (Å²) >= 11 is 0. The van der Waals surface area contributed by atoms with E-state index >= 15 is 0 Å². The SMILES string of the molecule is Cc1ccc(CN2CCCCC2c2cncn2C)c(C)c1C. The Bertz CT molecular complexity index is 657. The second-order valence-electron chi connectivity index (χ2n) is 6.70. The van der Waals surface area contributed by atoms with Gasteiger partial charge in [0.2, 0.25) is 0 Å². The molecule has 0 bridgehead atoms. The van der Waals surface area contributed by atoms with Crippen molar-refractivity contribution in [2.45, 2.75) is 52.6 Å². The van der Waals surface area contributed by atoms with Gasteiger partial charge in [0.1, 0.15) is 0 Å². The van der Waals surface area contributed by atoms with Crippen molar-refractivity contribution in [1.82, 2.24) is 14.5 Å². The summed E-state index contributed by atoms with van der Waals surface area (Å²) in [6.45, 7) is 8.93. The summed E-state index contributed by atoms with van der Waals surface area (Å²) in [4.78, 5) is 6.95. The first-order valence-electron chi connectivity index (χ1n) is 8.34. The first-order valence-corrected chi connectivity index (χ1v) is 8.34. The van der Waals surface area contributed by atoms with Crippen LogP contribution in [0.4, 0.5) is 0 Å². The van der Waals surface area contributed by atoms with E-state index in [0.29, 0.717) is 6.04 Å². The Kier molecular flexibility index (Phi) is 4.34. The molecule has 1 aliphatic rings. The van der Waals surface area contributed by atoms with Crippen molar-refractivity contribution in [3.8, 4) is 0 Å². The Balaban J connectivity index is 1.86. The largest absolute Gasteiger partial charge is 0.336 e. The fraction of sp³-hybridized carbons (Fsp3) is 0.526. The molecule has 1 saturated heterocycles. The minimum absolute atomic E-state index is 0.502. The Morgan fingerprint density at radius 2 is 1.95 bits per heavy atom. The summed E-state index contributed by atoms with van der Waals surface area (Å²) in [5.74, 6) is 0. The average molecular weight is 297 g/mol. The van der Waals surface area contributed by atoms with Crippen molar-refractivity contribution in [3.05, 3.63) is 52.6 Å². The third kappa shape index (κ3) is 2.82. The number of imidazole rings is 1. The molecule has 3 rings (SSSR count). The quantitative estimate of drug-likeness (QED) is 0.851. The predicted molar refractivity (Wildman–Crippen MR) is 90.9 cm³/mol. The smallest absolute Gasteiger partial charge is 0.0946 e. The zero-order valence-electron chi connectivity index (χ0n) is 14.3. The van der Waals surface area contributed by atoms with Crippen molar-refractivity contribution in [1.29, 1.82) is 0 Å². The van der Waals surface area contributed by atoms with Gasteiger partial charge in [-0.05, 0) is 62.4 Å². The Hall–Kier alpha value is -1.61. The molecule has 1 atom stereocenters. The van der Waals surface area contributed by atoms with Gasteiger partial charge in [0.25, 0.3) is 0 Å². The van der Waals surface area contributed by atoms with Crippen LogP contribution in [0.2, 0.25) is 0 Å². The fourth-order valence-electron chi connectivity index (χ4n) is 3.61. The maximum absolute atomic E-state index is 4.32. The van der Waals surface area contributed by atoms with Crippen LogP contribution in [0.5, 0.6) is 0 Å². The molecule has 1 aromatic carbocycles. The molecule has 0 saturated carbocycles. The van der Waals surface area contributed by atoms with Crippen molar-refractivity contribution >= 4 is 0 Å². The zero-order valence-corrected chi connectivity index (χ0v) is 14.3. The Labute approximate surface area is 134 Å². The number of likely N-dealkylation sites (tertiary alicyclic amines) is 1. The average Bonchev–Trinajstić information content (AvgIpc) is 2.94. The fourth-order valence-corrected chi connectivity index (χ4v) is 3.61. The van der Waals surface area contributed by atoms with E-state index < -0.39 is 0 Å². The number of piperidine rings is 1. The molecule has 3 heteroatoms. The van der Waals surface area contributed by atoms with Gasteiger partial charge in [0.05, 0.1) is 18.1 Å². The second-order valence-corrected chi connectivity index (χ2v) is 6.70. The van der Waals surface area contributed by atoms with Gasteiger partial charge < -0.3 is 4.57 Å². The van der Waals surface area contributed by atoms with Crippen LogP contribution in [0.3, 0.4) is 0 Å². The van der Waals surface area contributed by atoms with Crippen molar-refractivity contribution in [2.24, 2.45) is 7.05 Å². The van der Waals surface area contributed by atoms with Crippen LogP contribution in [-0.4, -0.2) is 21.0 Å². The van der Waals surface area contributed by atoms with Gasteiger partial charge in [-0.15, -0.1) is 0 Å². The summed E-state index contributed by atoms with van der Waals surface area (Å²) in [5, 5.41) is 0. The van der Waals surface area contributed by atoms with E-state index in [0.717, 1.165) is 6.54 Å². The highest BCUT2D eigenvalue weighted by Crippen LogP contribution is 2.32. The van der Waals surface area contributed by atoms with Crippen molar-refractivity contribution < 1.29 is 0 Å². The molecule has 22 heavy (non-hydrogen) atoms. The normalized spacial score (nSPS) is 19.5. The molecule has 0 spiro atoms. The molecule has 2 aromatic rings. The summed E-state index contributed by atoms with van der Waals surface area (Å²) in [6.07, 6.45) is 7.82. The van der Waals surface area contributed by atoms with Gasteiger partial charge in [-0.25, -0.2) is 4.98 Å². The number of nitrogens with zero attached hydrogens (tertiary/aromatic N) is 3. The van der Waals surface area contributed by atoms with E-state index in [-0.39, 0.29) is 0 Å². The van der Waals surface area contributed by atoms with Crippen LogP contribution in [0, 0.1) is 20.8 Å². The van der Waals surface area contributed by atoms with Crippen LogP contribution < -0.4 is 0 Å². The molecule has 1 unspecified atom stereocenters. The van der Waals surface area contributed by atoms with E-state index in [1.807, 2.05) is 12.5 Å². The predicted octanol–water partition coefficient (Wildman–Crippen LogP) is 4.07. The highest BCUT2D eigenvalue weighted by molar-refractivity contribution is 5.38. The van der Waals surface area contributed by atoms with Gasteiger partial charge in [0.15, 0.2) is 0 Å². The number of aryl methyl sites for hydroxylation is 2. The topological polar surface area (TPSA) is 21.1 Å². The Morgan fingerprint density at radius 1 is 1.14 bits per heavy atom. The number of hydrogen-bond acceptors (Lipinski definition) is 2. The zero-order chi connectivity index (χ0) is 15.7. The van der Waals surface area contributed by atoms with Crippen LogP contribution in [0.15, 0.2) is 24.7 Å². The lowest BCUT2D eigenvalue weighted by molar-refractivity contribution is 0.134. The first kappa shape index (κ1) is 15.3. The van der Waals surface area contributed by atoms with E-state index in [9.17, 15) is 0 Å². The summed E-state index contributed by atoms with van der Waals surface area (Å²) < 4.78 is 2.18. The van der Waals surface area contributed by atoms with E-state index in [2.05, 4.69) is 54.4 Å². The van der Waals surface area contributed by atoms with Gasteiger partial charge >= 0.3 is 0 Å². The number of benzene rings is 1. The minimum Gasteiger partial charge on any atom is -0.336 e. The molecule has 0 aliphatic carbocycles. The molecule has 0 N–H and O–H groups in total. The van der Waals surface area contributed by atoms with Crippen molar-refractivity contribution in [2.75, 3.05) is 6.54 Å². The lowest BCUT2D eigenvalue weighted by Gasteiger charge is -2.36. The number of rotatable bonds is 3. The monoisotopic (exact) mass is 297 g/mol. The third-order valence-corrected chi connectivity index (χ3v) is 5.35. The summed E-state index contributed by atoms with van der Waals surface area (Å²) in [6, 6.07) is 5.08. The maximum Gasteiger partial charge on any atom is 0.0946 e. The third-order valence-electron chi connectivity index (χ3n) is 5.35. The Morgan fingerprint density at radius 3 is 2.68 bits per heavy atom. The maximum atomic E-state index is 4.32. The molecule has 1 fully saturated rings. The van der Waals surface area contributed by atoms with Crippen molar-refractivity contribution in [3.63, 3.8) is 0 Å². The van der Waals surface area contributed by atoms with Crippen LogP contribution in [0.25, 0.3) is 0 Å². The van der Waals surface area contributed by atoms with Gasteiger partial charge in [-0.1, -0.05) is 18.6 Å². The van der Waals surface area contributed by atoms with E-state index in [1.54, 1.807) is 0 Å². The molecule has 2 heterocycles. The van der Waals surface area contributed by atoms with Gasteiger partial charge in [0, 0.05) is 19.8 Å². The van der Waals surface area contributed by atoms with Crippen LogP contribution in [-0.2, 0) is 13.6 Å². The summed E-state index contributed by atoms with van der Waals surface area (Å²) in [7, 11) is 2.11. The van der Waals surface area contributed by atoms with E-state index in [1.165, 1.54) is 53.8 Å². The molecular weight excluding hydrogens is 270 g/mol. The summed E-state index contributed by atoms with van der Waals surface area (Å²) in [5.41, 5.74) is 7.10. The molecular formula is C19H27N3. The molecule has 0 radical (unpaired) electrons. The standard InChI is InChI=1S/C19H27N3/c1-14-8-9-17(16(3)15(14)2)12-22-10-6-5-7-18(22)19-11-20-13-21(19)4/h8-9,11,13,18H,5-7,10,12H2,1-4H3. The van der Waals surface area contributed by atoms with Crippen LogP contribution >= 0.6 is 0 Å². The lowest BCUT2D eigenvalue weighted by Crippen LogP contribution is -2.34.